The number of hydrogen-bond donors (Lipinski definition) is 1. The van der Waals surface area contributed by atoms with Gasteiger partial charge in [0.15, 0.2) is 0 Å². The van der Waals surface area contributed by atoms with Crippen molar-refractivity contribution in [2.45, 2.75) is 26.2 Å². The quantitative estimate of drug-likeness (QED) is 0.868. The molecule has 0 spiro atoms. The van der Waals surface area contributed by atoms with Crippen LogP contribution in [0, 0.1) is 0 Å². The molecule has 2 rings (SSSR count). The van der Waals surface area contributed by atoms with Crippen molar-refractivity contribution in [1.29, 1.82) is 0 Å². The lowest BCUT2D eigenvalue weighted by Gasteiger charge is -2.09. The van der Waals surface area contributed by atoms with E-state index in [1.165, 1.54) is 18.4 Å². The van der Waals surface area contributed by atoms with Crippen LogP contribution in [0.5, 0.6) is 17.5 Å². The zero-order chi connectivity index (χ0) is 14.4. The Hall–Kier alpha value is -2.23. The van der Waals surface area contributed by atoms with Gasteiger partial charge in [0.2, 0.25) is 11.8 Å². The topological polar surface area (TPSA) is 57.4 Å². The van der Waals surface area contributed by atoms with E-state index in [9.17, 15) is 0 Å². The smallest absolute Gasteiger partial charge is 0.246 e. The molecule has 0 aliphatic rings. The molecule has 4 heteroatoms. The summed E-state index contributed by atoms with van der Waals surface area (Å²) in [7, 11) is 1.56. The van der Waals surface area contributed by atoms with E-state index in [1.807, 2.05) is 12.1 Å². The molecule has 0 aliphatic carbocycles. The van der Waals surface area contributed by atoms with Gasteiger partial charge in [0.05, 0.1) is 12.8 Å². The summed E-state index contributed by atoms with van der Waals surface area (Å²) in [5.41, 5.74) is 7.64. The summed E-state index contributed by atoms with van der Waals surface area (Å²) < 4.78 is 10.8. The molecule has 0 bridgehead atoms. The molecule has 1 heterocycles. The lowest BCUT2D eigenvalue weighted by Crippen LogP contribution is -1.97. The minimum absolute atomic E-state index is 0.366. The highest BCUT2D eigenvalue weighted by Gasteiger charge is 2.06. The molecule has 0 fully saturated rings. The second kappa shape index (κ2) is 6.80. The van der Waals surface area contributed by atoms with Crippen molar-refractivity contribution in [3.63, 3.8) is 0 Å². The van der Waals surface area contributed by atoms with Gasteiger partial charge in [-0.2, -0.15) is 4.98 Å². The van der Waals surface area contributed by atoms with Crippen molar-refractivity contribution >= 4 is 5.69 Å². The summed E-state index contributed by atoms with van der Waals surface area (Å²) in [5, 5.41) is 0. The first-order chi connectivity index (χ1) is 9.72. The van der Waals surface area contributed by atoms with Crippen molar-refractivity contribution in [2.75, 3.05) is 12.8 Å². The number of nitrogen functional groups attached to an aromatic ring is 1. The van der Waals surface area contributed by atoms with Gasteiger partial charge < -0.3 is 15.2 Å². The predicted molar refractivity (Wildman–Crippen MR) is 80.3 cm³/mol. The normalized spacial score (nSPS) is 10.3. The zero-order valence-corrected chi connectivity index (χ0v) is 11.9. The third-order valence-electron chi connectivity index (χ3n) is 3.03. The molecule has 1 aromatic heterocycles. The van der Waals surface area contributed by atoms with Gasteiger partial charge in [0.25, 0.3) is 0 Å². The number of pyridine rings is 1. The Bertz CT molecular complexity index is 553. The Morgan fingerprint density at radius 3 is 2.50 bits per heavy atom. The van der Waals surface area contributed by atoms with Crippen molar-refractivity contribution in [3.8, 4) is 17.5 Å². The van der Waals surface area contributed by atoms with Gasteiger partial charge in [0, 0.05) is 6.07 Å². The molecule has 4 nitrogen and oxygen atoms in total. The van der Waals surface area contributed by atoms with Gasteiger partial charge in [0.1, 0.15) is 5.75 Å². The van der Waals surface area contributed by atoms with E-state index in [4.69, 9.17) is 15.2 Å². The number of aromatic nitrogens is 1. The summed E-state index contributed by atoms with van der Waals surface area (Å²) in [5.74, 6) is 1.57. The van der Waals surface area contributed by atoms with Crippen molar-refractivity contribution < 1.29 is 9.47 Å². The molecular weight excluding hydrogens is 252 g/mol. The third kappa shape index (κ3) is 3.63. The number of nitrogens with two attached hydrogens (primary N) is 1. The van der Waals surface area contributed by atoms with E-state index in [1.54, 1.807) is 19.2 Å². The third-order valence-corrected chi connectivity index (χ3v) is 3.03. The second-order valence-electron chi connectivity index (χ2n) is 4.60. The maximum absolute atomic E-state index is 5.84. The molecule has 0 unspecified atom stereocenters. The number of ether oxygens (including phenoxy) is 2. The average molecular weight is 272 g/mol. The molecule has 0 radical (unpaired) electrons. The Balaban J connectivity index is 2.09. The van der Waals surface area contributed by atoms with Crippen LogP contribution in [0.15, 0.2) is 36.4 Å². The maximum atomic E-state index is 5.84. The van der Waals surface area contributed by atoms with Crippen molar-refractivity contribution in [2.24, 2.45) is 0 Å². The fourth-order valence-corrected chi connectivity index (χ4v) is 1.85. The predicted octanol–water partition coefficient (Wildman–Crippen LogP) is 3.81. The summed E-state index contributed by atoms with van der Waals surface area (Å²) >= 11 is 0. The fraction of sp³-hybridized carbons (Fsp3) is 0.312. The van der Waals surface area contributed by atoms with Crippen LogP contribution in [-0.2, 0) is 6.42 Å². The first kappa shape index (κ1) is 14.2. The van der Waals surface area contributed by atoms with E-state index in [-0.39, 0.29) is 0 Å². The number of aryl methyl sites for hydroxylation is 1. The number of hydrogen-bond acceptors (Lipinski definition) is 4. The molecule has 2 N–H and O–H groups in total. The van der Waals surface area contributed by atoms with E-state index >= 15 is 0 Å². The molecule has 106 valence electrons. The summed E-state index contributed by atoms with van der Waals surface area (Å²) in [6.07, 6.45) is 3.49. The van der Waals surface area contributed by atoms with Crippen LogP contribution in [0.3, 0.4) is 0 Å². The number of unbranched alkanes of at least 4 members (excludes halogenated alkanes) is 1. The molecule has 1 aromatic carbocycles. The van der Waals surface area contributed by atoms with Gasteiger partial charge in [-0.05, 0) is 36.6 Å². The van der Waals surface area contributed by atoms with Gasteiger partial charge >= 0.3 is 0 Å². The monoisotopic (exact) mass is 272 g/mol. The number of anilines is 1. The first-order valence-electron chi connectivity index (χ1n) is 6.80. The van der Waals surface area contributed by atoms with E-state index in [0.717, 1.165) is 12.2 Å². The summed E-state index contributed by atoms with van der Waals surface area (Å²) in [4.78, 5) is 4.19. The summed E-state index contributed by atoms with van der Waals surface area (Å²) in [6.45, 7) is 2.19. The molecule has 0 aliphatic heterocycles. The van der Waals surface area contributed by atoms with E-state index in [2.05, 4.69) is 24.0 Å². The summed E-state index contributed by atoms with van der Waals surface area (Å²) in [6, 6.07) is 11.4. The van der Waals surface area contributed by atoms with E-state index in [0.29, 0.717) is 17.4 Å². The van der Waals surface area contributed by atoms with E-state index < -0.39 is 0 Å². The lowest BCUT2D eigenvalue weighted by atomic mass is 10.1. The first-order valence-corrected chi connectivity index (χ1v) is 6.80. The van der Waals surface area contributed by atoms with Crippen LogP contribution in [0.4, 0.5) is 5.69 Å². The Labute approximate surface area is 119 Å². The zero-order valence-electron chi connectivity index (χ0n) is 11.9. The highest BCUT2D eigenvalue weighted by molar-refractivity contribution is 5.51. The maximum Gasteiger partial charge on any atom is 0.246 e. The van der Waals surface area contributed by atoms with Crippen LogP contribution in [0.2, 0.25) is 0 Å². The molecule has 2 aromatic rings. The Morgan fingerprint density at radius 2 is 1.85 bits per heavy atom. The number of rotatable bonds is 6. The standard InChI is InChI=1S/C16H20N2O2/c1-3-4-5-12-6-8-13(9-7-12)20-16-14(17)10-11-15(18-16)19-2/h6-11H,3-5,17H2,1-2H3. The van der Waals surface area contributed by atoms with Crippen LogP contribution in [0.1, 0.15) is 25.3 Å². The Morgan fingerprint density at radius 1 is 1.10 bits per heavy atom. The van der Waals surface area contributed by atoms with Crippen molar-refractivity contribution in [1.82, 2.24) is 4.98 Å². The molecule has 0 saturated carbocycles. The average Bonchev–Trinajstić information content (AvgIpc) is 2.49. The highest BCUT2D eigenvalue weighted by Crippen LogP contribution is 2.27. The van der Waals surface area contributed by atoms with Crippen LogP contribution in [-0.4, -0.2) is 12.1 Å². The largest absolute Gasteiger partial charge is 0.481 e. The van der Waals surface area contributed by atoms with Crippen LogP contribution < -0.4 is 15.2 Å². The molecule has 20 heavy (non-hydrogen) atoms. The number of benzene rings is 1. The fourth-order valence-electron chi connectivity index (χ4n) is 1.85. The Kier molecular flexibility index (Phi) is 4.82. The SMILES string of the molecule is CCCCc1ccc(Oc2nc(OC)ccc2N)cc1. The van der Waals surface area contributed by atoms with Crippen molar-refractivity contribution in [3.05, 3.63) is 42.0 Å². The lowest BCUT2D eigenvalue weighted by molar-refractivity contribution is 0.384. The minimum Gasteiger partial charge on any atom is -0.481 e. The highest BCUT2D eigenvalue weighted by atomic mass is 16.5. The minimum atomic E-state index is 0.366. The molecule has 0 amide bonds. The van der Waals surface area contributed by atoms with Gasteiger partial charge in [-0.3, -0.25) is 0 Å². The second-order valence-corrected chi connectivity index (χ2v) is 4.60. The molecular formula is C16H20N2O2. The van der Waals surface area contributed by atoms with Gasteiger partial charge in [-0.25, -0.2) is 0 Å². The van der Waals surface area contributed by atoms with Gasteiger partial charge in [-0.1, -0.05) is 25.5 Å². The number of methoxy groups -OCH3 is 1. The van der Waals surface area contributed by atoms with Crippen LogP contribution >= 0.6 is 0 Å². The van der Waals surface area contributed by atoms with Gasteiger partial charge in [-0.15, -0.1) is 0 Å². The molecule has 0 atom stereocenters. The number of nitrogens with zero attached hydrogens (tertiary/aromatic N) is 1. The van der Waals surface area contributed by atoms with Crippen LogP contribution in [0.25, 0.3) is 0 Å². The molecule has 0 saturated heterocycles.